The molecular formula is C18H29NO. The molecule has 20 heavy (non-hydrogen) atoms. The number of ether oxygens (including phenoxy) is 1. The van der Waals surface area contributed by atoms with E-state index in [4.69, 9.17) is 10.5 Å². The van der Waals surface area contributed by atoms with E-state index in [-0.39, 0.29) is 11.5 Å². The van der Waals surface area contributed by atoms with Gasteiger partial charge >= 0.3 is 0 Å². The summed E-state index contributed by atoms with van der Waals surface area (Å²) in [6, 6.07) is 11.0. The molecule has 1 heterocycles. The van der Waals surface area contributed by atoms with Crippen LogP contribution in [0.4, 0.5) is 0 Å². The molecule has 1 aromatic carbocycles. The second-order valence-corrected chi connectivity index (χ2v) is 7.34. The fourth-order valence-corrected chi connectivity index (χ4v) is 3.24. The normalized spacial score (nSPS) is 20.6. The molecule has 1 aliphatic rings. The van der Waals surface area contributed by atoms with E-state index < -0.39 is 0 Å². The van der Waals surface area contributed by atoms with Gasteiger partial charge in [0.05, 0.1) is 0 Å². The molecule has 112 valence electrons. The van der Waals surface area contributed by atoms with Gasteiger partial charge in [-0.25, -0.2) is 0 Å². The van der Waals surface area contributed by atoms with Crippen LogP contribution in [-0.2, 0) is 10.2 Å². The predicted octanol–water partition coefficient (Wildman–Crippen LogP) is 3.89. The van der Waals surface area contributed by atoms with Crippen molar-refractivity contribution >= 4 is 0 Å². The van der Waals surface area contributed by atoms with E-state index in [1.54, 1.807) is 0 Å². The van der Waals surface area contributed by atoms with E-state index in [1.165, 1.54) is 12.0 Å². The van der Waals surface area contributed by atoms with Gasteiger partial charge in [-0.3, -0.25) is 0 Å². The molecule has 0 saturated carbocycles. The molecule has 2 N–H and O–H groups in total. The fourth-order valence-electron chi connectivity index (χ4n) is 3.24. The van der Waals surface area contributed by atoms with Gasteiger partial charge in [-0.1, -0.05) is 51.1 Å². The van der Waals surface area contributed by atoms with Crippen molar-refractivity contribution in [2.24, 2.45) is 11.1 Å². The largest absolute Gasteiger partial charge is 0.381 e. The summed E-state index contributed by atoms with van der Waals surface area (Å²) in [5.74, 6) is 0. The van der Waals surface area contributed by atoms with Crippen LogP contribution in [0, 0.1) is 5.41 Å². The zero-order chi connectivity index (χ0) is 14.6. The Hall–Kier alpha value is -0.860. The maximum Gasteiger partial charge on any atom is 0.0475 e. The number of rotatable bonds is 4. The molecule has 1 atom stereocenters. The number of nitrogens with two attached hydrogens (primary N) is 1. The molecule has 2 rings (SSSR count). The van der Waals surface area contributed by atoms with Crippen LogP contribution in [-0.4, -0.2) is 19.3 Å². The van der Waals surface area contributed by atoms with Crippen molar-refractivity contribution in [2.75, 3.05) is 13.2 Å². The predicted molar refractivity (Wildman–Crippen MR) is 84.8 cm³/mol. The van der Waals surface area contributed by atoms with Crippen molar-refractivity contribution in [1.82, 2.24) is 0 Å². The Morgan fingerprint density at radius 2 is 1.75 bits per heavy atom. The third-order valence-corrected chi connectivity index (χ3v) is 4.65. The van der Waals surface area contributed by atoms with Gasteiger partial charge in [-0.15, -0.1) is 0 Å². The highest BCUT2D eigenvalue weighted by atomic mass is 16.5. The quantitative estimate of drug-likeness (QED) is 0.905. The minimum Gasteiger partial charge on any atom is -0.381 e. The van der Waals surface area contributed by atoms with Gasteiger partial charge < -0.3 is 10.5 Å². The van der Waals surface area contributed by atoms with Crippen molar-refractivity contribution in [3.63, 3.8) is 0 Å². The third-order valence-electron chi connectivity index (χ3n) is 4.65. The highest BCUT2D eigenvalue weighted by Gasteiger charge is 2.39. The molecule has 1 unspecified atom stereocenters. The van der Waals surface area contributed by atoms with Crippen molar-refractivity contribution < 1.29 is 4.74 Å². The lowest BCUT2D eigenvalue weighted by atomic mass is 9.67. The van der Waals surface area contributed by atoms with Crippen LogP contribution in [0.2, 0.25) is 0 Å². The number of benzene rings is 1. The lowest BCUT2D eigenvalue weighted by Gasteiger charge is -2.43. The first-order valence-electron chi connectivity index (χ1n) is 7.83. The smallest absolute Gasteiger partial charge is 0.0475 e. The van der Waals surface area contributed by atoms with Gasteiger partial charge in [0.15, 0.2) is 0 Å². The summed E-state index contributed by atoms with van der Waals surface area (Å²) < 4.78 is 5.59. The lowest BCUT2D eigenvalue weighted by molar-refractivity contribution is 0.0374. The van der Waals surface area contributed by atoms with Crippen molar-refractivity contribution in [3.8, 4) is 0 Å². The maximum absolute atomic E-state index is 6.67. The Balaban J connectivity index is 2.19. The van der Waals surface area contributed by atoms with Gasteiger partial charge in [0.2, 0.25) is 0 Å². The molecule has 0 radical (unpaired) electrons. The molecule has 0 bridgehead atoms. The van der Waals surface area contributed by atoms with Crippen LogP contribution in [0.3, 0.4) is 0 Å². The van der Waals surface area contributed by atoms with Crippen LogP contribution in [0.1, 0.15) is 52.0 Å². The Labute approximate surface area is 123 Å². The molecule has 2 heteroatoms. The van der Waals surface area contributed by atoms with Gasteiger partial charge in [-0.2, -0.15) is 0 Å². The van der Waals surface area contributed by atoms with Gasteiger partial charge in [0, 0.05) is 24.7 Å². The first kappa shape index (κ1) is 15.5. The SMILES string of the molecule is CC(C)(C)CCC(N)C1(c2ccccc2)CCOCC1. The van der Waals surface area contributed by atoms with Crippen LogP contribution in [0.15, 0.2) is 30.3 Å². The highest BCUT2D eigenvalue weighted by Crippen LogP contribution is 2.39. The topological polar surface area (TPSA) is 35.2 Å². The van der Waals surface area contributed by atoms with Crippen molar-refractivity contribution in [3.05, 3.63) is 35.9 Å². The molecule has 2 nitrogen and oxygen atoms in total. The Morgan fingerprint density at radius 3 is 2.30 bits per heavy atom. The standard InChI is InChI=1S/C18H29NO/c1-17(2,3)10-9-16(19)18(11-13-20-14-12-18)15-7-5-4-6-8-15/h4-8,16H,9-14,19H2,1-3H3. The minimum absolute atomic E-state index is 0.102. The molecule has 1 saturated heterocycles. The van der Waals surface area contributed by atoms with E-state index in [0.717, 1.165) is 32.5 Å². The van der Waals surface area contributed by atoms with Crippen molar-refractivity contribution in [2.45, 2.75) is 57.9 Å². The second kappa shape index (κ2) is 6.28. The van der Waals surface area contributed by atoms with E-state index in [1.807, 2.05) is 0 Å². The van der Waals surface area contributed by atoms with Gasteiger partial charge in [-0.05, 0) is 36.7 Å². The monoisotopic (exact) mass is 275 g/mol. The lowest BCUT2D eigenvalue weighted by Crippen LogP contribution is -2.49. The number of hydrogen-bond donors (Lipinski definition) is 1. The fraction of sp³-hybridized carbons (Fsp3) is 0.667. The average molecular weight is 275 g/mol. The van der Waals surface area contributed by atoms with E-state index in [9.17, 15) is 0 Å². The highest BCUT2D eigenvalue weighted by molar-refractivity contribution is 5.28. The summed E-state index contributed by atoms with van der Waals surface area (Å²) in [6.45, 7) is 8.53. The molecule has 1 aromatic rings. The van der Waals surface area contributed by atoms with Gasteiger partial charge in [0.1, 0.15) is 0 Å². The first-order chi connectivity index (χ1) is 9.44. The van der Waals surface area contributed by atoms with Crippen LogP contribution in [0.5, 0.6) is 0 Å². The summed E-state index contributed by atoms with van der Waals surface area (Å²) >= 11 is 0. The van der Waals surface area contributed by atoms with E-state index in [2.05, 4.69) is 51.1 Å². The van der Waals surface area contributed by atoms with Crippen LogP contribution in [0.25, 0.3) is 0 Å². The second-order valence-electron chi connectivity index (χ2n) is 7.34. The summed E-state index contributed by atoms with van der Waals surface area (Å²) in [5.41, 5.74) is 8.51. The van der Waals surface area contributed by atoms with Gasteiger partial charge in [0.25, 0.3) is 0 Å². The first-order valence-corrected chi connectivity index (χ1v) is 7.83. The molecule has 0 aromatic heterocycles. The van der Waals surface area contributed by atoms with Crippen molar-refractivity contribution in [1.29, 1.82) is 0 Å². The summed E-state index contributed by atoms with van der Waals surface area (Å²) in [5, 5.41) is 0. The summed E-state index contributed by atoms with van der Waals surface area (Å²) in [4.78, 5) is 0. The molecule has 1 fully saturated rings. The Bertz CT molecular complexity index is 401. The molecular weight excluding hydrogens is 246 g/mol. The van der Waals surface area contributed by atoms with Crippen LogP contribution >= 0.6 is 0 Å². The minimum atomic E-state index is 0.102. The maximum atomic E-state index is 6.67. The van der Waals surface area contributed by atoms with E-state index >= 15 is 0 Å². The average Bonchev–Trinajstić information content (AvgIpc) is 2.45. The van der Waals surface area contributed by atoms with E-state index in [0.29, 0.717) is 5.41 Å². The molecule has 0 amide bonds. The zero-order valence-electron chi connectivity index (χ0n) is 13.2. The molecule has 1 aliphatic heterocycles. The zero-order valence-corrected chi connectivity index (χ0v) is 13.2. The summed E-state index contributed by atoms with van der Waals surface area (Å²) in [6.07, 6.45) is 4.34. The molecule has 0 spiro atoms. The van der Waals surface area contributed by atoms with Crippen LogP contribution < -0.4 is 5.73 Å². The number of hydrogen-bond acceptors (Lipinski definition) is 2. The third kappa shape index (κ3) is 3.62. The Kier molecular flexibility index (Phi) is 4.87. The molecule has 0 aliphatic carbocycles. The Morgan fingerprint density at radius 1 is 1.15 bits per heavy atom. The summed E-state index contributed by atoms with van der Waals surface area (Å²) in [7, 11) is 0.